The predicted octanol–water partition coefficient (Wildman–Crippen LogP) is 4.92. The van der Waals surface area contributed by atoms with Gasteiger partial charge in [0.05, 0.1) is 17.2 Å². The molecule has 140 valence electrons. The molecule has 2 rings (SSSR count). The number of anilines is 1. The maximum atomic E-state index is 12.8. The van der Waals surface area contributed by atoms with Crippen LogP contribution in [0.15, 0.2) is 42.5 Å². The molecule has 0 saturated carbocycles. The molecule has 2 aromatic carbocycles. The molecule has 0 atom stereocenters. The van der Waals surface area contributed by atoms with Crippen LogP contribution in [0.3, 0.4) is 0 Å². The zero-order chi connectivity index (χ0) is 19.2. The highest BCUT2D eigenvalue weighted by atomic mass is 35.5. The van der Waals surface area contributed by atoms with Crippen molar-refractivity contribution in [2.24, 2.45) is 0 Å². The standard InChI is InChI=1S/C17H16ClF3N2O3/c1-2-25-12-4-6-13(7-5-12)26-10-22-16(24)23-11-3-8-15(18)14(9-11)17(19,20)21/h3-9H,2,10H2,1H3,(H2,22,23,24). The fraction of sp³-hybridized carbons (Fsp3) is 0.235. The van der Waals surface area contributed by atoms with E-state index in [1.54, 1.807) is 24.3 Å². The van der Waals surface area contributed by atoms with Crippen molar-refractivity contribution in [3.8, 4) is 11.5 Å². The third kappa shape index (κ3) is 5.73. The Morgan fingerprint density at radius 2 is 1.69 bits per heavy atom. The van der Waals surface area contributed by atoms with E-state index in [2.05, 4.69) is 10.6 Å². The molecule has 0 bridgehead atoms. The Bertz CT molecular complexity index is 752. The molecule has 2 amide bonds. The smallest absolute Gasteiger partial charge is 0.417 e. The lowest BCUT2D eigenvalue weighted by Crippen LogP contribution is -2.32. The molecule has 9 heteroatoms. The summed E-state index contributed by atoms with van der Waals surface area (Å²) in [5, 5.41) is 4.22. The van der Waals surface area contributed by atoms with E-state index in [1.165, 1.54) is 6.07 Å². The van der Waals surface area contributed by atoms with Crippen LogP contribution < -0.4 is 20.1 Å². The summed E-state index contributed by atoms with van der Waals surface area (Å²) in [5.74, 6) is 1.19. The highest BCUT2D eigenvalue weighted by molar-refractivity contribution is 6.31. The minimum Gasteiger partial charge on any atom is -0.494 e. The van der Waals surface area contributed by atoms with Gasteiger partial charge in [-0.25, -0.2) is 4.79 Å². The molecule has 5 nitrogen and oxygen atoms in total. The number of benzene rings is 2. The first-order chi connectivity index (χ1) is 12.3. The molecular weight excluding hydrogens is 373 g/mol. The second-order valence-electron chi connectivity index (χ2n) is 5.02. The quantitative estimate of drug-likeness (QED) is 0.691. The Kier molecular flexibility index (Phi) is 6.57. The second kappa shape index (κ2) is 8.66. The van der Waals surface area contributed by atoms with Crippen molar-refractivity contribution < 1.29 is 27.4 Å². The molecule has 0 aromatic heterocycles. The minimum absolute atomic E-state index is 0.0414. The van der Waals surface area contributed by atoms with Gasteiger partial charge in [0, 0.05) is 5.69 Å². The van der Waals surface area contributed by atoms with E-state index < -0.39 is 22.8 Å². The topological polar surface area (TPSA) is 59.6 Å². The Hall–Kier alpha value is -2.61. The number of alkyl halides is 3. The lowest BCUT2D eigenvalue weighted by Gasteiger charge is -2.13. The number of rotatable bonds is 6. The van der Waals surface area contributed by atoms with Crippen LogP contribution in [0.2, 0.25) is 5.02 Å². The number of hydrogen-bond donors (Lipinski definition) is 2. The Labute approximate surface area is 153 Å². The van der Waals surface area contributed by atoms with Gasteiger partial charge in [-0.05, 0) is 49.4 Å². The minimum atomic E-state index is -4.61. The molecule has 2 aromatic rings. The van der Waals surface area contributed by atoms with E-state index in [0.717, 1.165) is 12.1 Å². The van der Waals surface area contributed by atoms with E-state index in [0.29, 0.717) is 18.1 Å². The fourth-order valence-electron chi connectivity index (χ4n) is 1.98. The number of urea groups is 1. The highest BCUT2D eigenvalue weighted by Gasteiger charge is 2.33. The Morgan fingerprint density at radius 1 is 1.08 bits per heavy atom. The van der Waals surface area contributed by atoms with Crippen molar-refractivity contribution in [1.29, 1.82) is 0 Å². The molecule has 0 heterocycles. The first-order valence-corrected chi connectivity index (χ1v) is 7.94. The van der Waals surface area contributed by atoms with Gasteiger partial charge in [0.15, 0.2) is 6.73 Å². The van der Waals surface area contributed by atoms with Crippen LogP contribution >= 0.6 is 11.6 Å². The van der Waals surface area contributed by atoms with Gasteiger partial charge in [-0.1, -0.05) is 11.6 Å². The van der Waals surface area contributed by atoms with Crippen LogP contribution in [0, 0.1) is 0 Å². The monoisotopic (exact) mass is 388 g/mol. The Balaban J connectivity index is 1.85. The van der Waals surface area contributed by atoms with Gasteiger partial charge in [-0.2, -0.15) is 13.2 Å². The first kappa shape index (κ1) is 19.7. The van der Waals surface area contributed by atoms with Crippen molar-refractivity contribution in [2.45, 2.75) is 13.1 Å². The zero-order valence-electron chi connectivity index (χ0n) is 13.7. The number of carbonyl (C=O) groups is 1. The predicted molar refractivity (Wildman–Crippen MR) is 91.7 cm³/mol. The summed E-state index contributed by atoms with van der Waals surface area (Å²) in [6, 6.07) is 9.14. The van der Waals surface area contributed by atoms with Gasteiger partial charge in [0.2, 0.25) is 0 Å². The molecular formula is C17H16ClF3N2O3. The summed E-state index contributed by atoms with van der Waals surface area (Å²) in [6.45, 7) is 2.24. The fourth-order valence-corrected chi connectivity index (χ4v) is 2.20. The van der Waals surface area contributed by atoms with Crippen molar-refractivity contribution in [2.75, 3.05) is 18.7 Å². The molecule has 0 fully saturated rings. The van der Waals surface area contributed by atoms with Gasteiger partial charge >= 0.3 is 12.2 Å². The summed E-state index contributed by atoms with van der Waals surface area (Å²) in [6.07, 6.45) is -4.61. The third-order valence-electron chi connectivity index (χ3n) is 3.14. The van der Waals surface area contributed by atoms with Crippen molar-refractivity contribution in [3.05, 3.63) is 53.1 Å². The number of nitrogens with one attached hydrogen (secondary N) is 2. The number of hydrogen-bond acceptors (Lipinski definition) is 3. The zero-order valence-corrected chi connectivity index (χ0v) is 14.4. The van der Waals surface area contributed by atoms with E-state index in [9.17, 15) is 18.0 Å². The number of amides is 2. The molecule has 0 unspecified atom stereocenters. The molecule has 0 aliphatic carbocycles. The average Bonchev–Trinajstić information content (AvgIpc) is 2.57. The van der Waals surface area contributed by atoms with Crippen molar-refractivity contribution in [1.82, 2.24) is 5.32 Å². The summed E-state index contributed by atoms with van der Waals surface area (Å²) < 4.78 is 49.0. The largest absolute Gasteiger partial charge is 0.494 e. The lowest BCUT2D eigenvalue weighted by atomic mass is 10.2. The first-order valence-electron chi connectivity index (χ1n) is 7.57. The lowest BCUT2D eigenvalue weighted by molar-refractivity contribution is -0.137. The summed E-state index contributed by atoms with van der Waals surface area (Å²) >= 11 is 5.52. The normalized spacial score (nSPS) is 11.0. The van der Waals surface area contributed by atoms with Crippen LogP contribution in [0.5, 0.6) is 11.5 Å². The highest BCUT2D eigenvalue weighted by Crippen LogP contribution is 2.36. The summed E-state index contributed by atoms with van der Waals surface area (Å²) in [7, 11) is 0. The van der Waals surface area contributed by atoms with Crippen molar-refractivity contribution >= 4 is 23.3 Å². The Morgan fingerprint density at radius 3 is 2.27 bits per heavy atom. The maximum Gasteiger partial charge on any atom is 0.417 e. The molecule has 0 aliphatic rings. The molecule has 0 aliphatic heterocycles. The molecule has 0 spiro atoms. The van der Waals surface area contributed by atoms with Gasteiger partial charge in [0.25, 0.3) is 0 Å². The third-order valence-corrected chi connectivity index (χ3v) is 3.47. The number of carbonyl (C=O) groups excluding carboxylic acids is 1. The number of ether oxygens (including phenoxy) is 2. The van der Waals surface area contributed by atoms with Gasteiger partial charge < -0.3 is 20.1 Å². The van der Waals surface area contributed by atoms with E-state index in [4.69, 9.17) is 21.1 Å². The van der Waals surface area contributed by atoms with Crippen LogP contribution in [-0.2, 0) is 6.18 Å². The molecule has 2 N–H and O–H groups in total. The van der Waals surface area contributed by atoms with Gasteiger partial charge in [-0.3, -0.25) is 0 Å². The SMILES string of the molecule is CCOc1ccc(OCNC(=O)Nc2ccc(Cl)c(C(F)(F)F)c2)cc1. The van der Waals surface area contributed by atoms with Crippen LogP contribution in [0.1, 0.15) is 12.5 Å². The maximum absolute atomic E-state index is 12.8. The van der Waals surface area contributed by atoms with Gasteiger partial charge in [0.1, 0.15) is 11.5 Å². The van der Waals surface area contributed by atoms with Crippen LogP contribution in [0.25, 0.3) is 0 Å². The van der Waals surface area contributed by atoms with Gasteiger partial charge in [-0.15, -0.1) is 0 Å². The number of halogens is 4. The molecule has 26 heavy (non-hydrogen) atoms. The van der Waals surface area contributed by atoms with Crippen LogP contribution in [-0.4, -0.2) is 19.4 Å². The van der Waals surface area contributed by atoms with Crippen molar-refractivity contribution in [3.63, 3.8) is 0 Å². The average molecular weight is 389 g/mol. The van der Waals surface area contributed by atoms with Crippen LogP contribution in [0.4, 0.5) is 23.7 Å². The molecule has 0 saturated heterocycles. The molecule has 0 radical (unpaired) electrons. The van der Waals surface area contributed by atoms with E-state index in [-0.39, 0.29) is 12.4 Å². The summed E-state index contributed by atoms with van der Waals surface area (Å²) in [5.41, 5.74) is -1.07. The second-order valence-corrected chi connectivity index (χ2v) is 5.42. The summed E-state index contributed by atoms with van der Waals surface area (Å²) in [4.78, 5) is 11.8. The van der Waals surface area contributed by atoms with E-state index in [1.807, 2.05) is 6.92 Å². The van der Waals surface area contributed by atoms with E-state index >= 15 is 0 Å².